The number of likely N-dealkylation sites (tertiary alicyclic amines) is 1. The number of non-ortho nitro benzene ring substituents is 1. The first-order valence-corrected chi connectivity index (χ1v) is 9.69. The number of nitro groups is 1. The van der Waals surface area contributed by atoms with Crippen LogP contribution in [0.1, 0.15) is 38.2 Å². The number of imide groups is 1. The number of hydrogen-bond acceptors (Lipinski definition) is 6. The van der Waals surface area contributed by atoms with Crippen LogP contribution >= 0.6 is 0 Å². The Morgan fingerprint density at radius 3 is 2.54 bits per heavy atom. The van der Waals surface area contributed by atoms with Gasteiger partial charge < -0.3 is 10.0 Å². The molecule has 8 nitrogen and oxygen atoms in total. The Bertz CT molecular complexity index is 803. The zero-order valence-electron chi connectivity index (χ0n) is 16.0. The largest absolute Gasteiger partial charge is 0.396 e. The smallest absolute Gasteiger partial charge is 0.277 e. The summed E-state index contributed by atoms with van der Waals surface area (Å²) in [5, 5.41) is 20.5. The Hall–Kier alpha value is -2.74. The van der Waals surface area contributed by atoms with Gasteiger partial charge in [0.2, 0.25) is 0 Å². The van der Waals surface area contributed by atoms with Crippen LogP contribution in [-0.4, -0.2) is 57.9 Å². The van der Waals surface area contributed by atoms with E-state index >= 15 is 0 Å². The summed E-state index contributed by atoms with van der Waals surface area (Å²) in [5.74, 6) is -0.606. The molecule has 28 heavy (non-hydrogen) atoms. The highest BCUT2D eigenvalue weighted by molar-refractivity contribution is 6.35. The van der Waals surface area contributed by atoms with Gasteiger partial charge >= 0.3 is 0 Å². The van der Waals surface area contributed by atoms with Crippen LogP contribution in [0, 0.1) is 16.0 Å². The molecule has 1 aromatic rings. The van der Waals surface area contributed by atoms with Crippen molar-refractivity contribution in [3.8, 4) is 0 Å². The molecule has 2 aliphatic rings. The van der Waals surface area contributed by atoms with E-state index in [1.165, 1.54) is 29.2 Å². The zero-order chi connectivity index (χ0) is 20.3. The van der Waals surface area contributed by atoms with Gasteiger partial charge in [-0.3, -0.25) is 24.6 Å². The number of aliphatic hydroxyl groups is 1. The SMILES string of the molecule is CCCCN1C(=O)C(c2ccc([N+](=O)[O-])cc2)=C(N2CCCC(CO)C2)C1=O. The summed E-state index contributed by atoms with van der Waals surface area (Å²) in [4.78, 5) is 39.8. The third-order valence-electron chi connectivity index (χ3n) is 5.34. The molecule has 2 amide bonds. The average Bonchev–Trinajstić information content (AvgIpc) is 2.96. The van der Waals surface area contributed by atoms with Gasteiger partial charge in [0.15, 0.2) is 0 Å². The number of aliphatic hydroxyl groups excluding tert-OH is 1. The number of piperidine rings is 1. The molecule has 8 heteroatoms. The van der Waals surface area contributed by atoms with Gasteiger partial charge in [0.05, 0.1) is 10.5 Å². The van der Waals surface area contributed by atoms with Crippen molar-refractivity contribution >= 4 is 23.1 Å². The number of benzene rings is 1. The van der Waals surface area contributed by atoms with Crippen LogP contribution in [0.4, 0.5) is 5.69 Å². The van der Waals surface area contributed by atoms with Crippen LogP contribution in [-0.2, 0) is 9.59 Å². The van der Waals surface area contributed by atoms with E-state index in [9.17, 15) is 24.8 Å². The highest BCUT2D eigenvalue weighted by Gasteiger charge is 2.42. The fourth-order valence-corrected chi connectivity index (χ4v) is 3.80. The van der Waals surface area contributed by atoms with Crippen LogP contribution in [0.5, 0.6) is 0 Å². The van der Waals surface area contributed by atoms with E-state index in [2.05, 4.69) is 0 Å². The number of carbonyl (C=O) groups excluding carboxylic acids is 2. The highest BCUT2D eigenvalue weighted by Crippen LogP contribution is 2.34. The number of carbonyl (C=O) groups is 2. The maximum Gasteiger partial charge on any atom is 0.277 e. The van der Waals surface area contributed by atoms with Gasteiger partial charge in [0.1, 0.15) is 5.70 Å². The summed E-state index contributed by atoms with van der Waals surface area (Å²) < 4.78 is 0. The maximum atomic E-state index is 13.1. The minimum atomic E-state index is -0.495. The quantitative estimate of drug-likeness (QED) is 0.437. The Kier molecular flexibility index (Phi) is 6.08. The molecule has 3 rings (SSSR count). The predicted octanol–water partition coefficient (Wildman–Crippen LogP) is 2.18. The van der Waals surface area contributed by atoms with Crippen molar-refractivity contribution in [2.24, 2.45) is 5.92 Å². The second kappa shape index (κ2) is 8.52. The van der Waals surface area contributed by atoms with Crippen LogP contribution in [0.25, 0.3) is 5.57 Å². The molecule has 0 spiro atoms. The first kappa shape index (κ1) is 20.0. The third kappa shape index (κ3) is 3.77. The molecule has 0 aromatic heterocycles. The standard InChI is InChI=1S/C20H25N3O5/c1-2-3-11-22-19(25)17(15-6-8-16(9-7-15)23(27)28)18(20(22)26)21-10-4-5-14(12-21)13-24/h6-9,14,24H,2-5,10-13H2,1H3. The fourth-order valence-electron chi connectivity index (χ4n) is 3.80. The first-order valence-electron chi connectivity index (χ1n) is 9.69. The lowest BCUT2D eigenvalue weighted by molar-refractivity contribution is -0.384. The summed E-state index contributed by atoms with van der Waals surface area (Å²) in [7, 11) is 0. The minimum Gasteiger partial charge on any atom is -0.396 e. The molecule has 1 atom stereocenters. The van der Waals surface area contributed by atoms with Crippen molar-refractivity contribution in [2.45, 2.75) is 32.6 Å². The molecule has 1 saturated heterocycles. The maximum absolute atomic E-state index is 13.1. The molecule has 150 valence electrons. The molecule has 0 aliphatic carbocycles. The number of hydrogen-bond donors (Lipinski definition) is 1. The topological polar surface area (TPSA) is 104 Å². The van der Waals surface area contributed by atoms with E-state index < -0.39 is 4.92 Å². The lowest BCUT2D eigenvalue weighted by atomic mass is 9.97. The van der Waals surface area contributed by atoms with E-state index in [4.69, 9.17) is 0 Å². The summed E-state index contributed by atoms with van der Waals surface area (Å²) in [6.07, 6.45) is 3.29. The lowest BCUT2D eigenvalue weighted by Gasteiger charge is -2.34. The summed E-state index contributed by atoms with van der Waals surface area (Å²) in [6.45, 7) is 3.54. The summed E-state index contributed by atoms with van der Waals surface area (Å²) in [5.41, 5.74) is 1.09. The minimum absolute atomic E-state index is 0.0400. The molecule has 0 saturated carbocycles. The monoisotopic (exact) mass is 387 g/mol. The molecular formula is C20H25N3O5. The Morgan fingerprint density at radius 1 is 1.21 bits per heavy atom. The first-order chi connectivity index (χ1) is 13.5. The van der Waals surface area contributed by atoms with Crippen LogP contribution in [0.3, 0.4) is 0 Å². The van der Waals surface area contributed by atoms with Gasteiger partial charge in [-0.15, -0.1) is 0 Å². The lowest BCUT2D eigenvalue weighted by Crippen LogP contribution is -2.40. The van der Waals surface area contributed by atoms with Crippen LogP contribution < -0.4 is 0 Å². The molecule has 2 heterocycles. The molecule has 1 aromatic carbocycles. The van der Waals surface area contributed by atoms with E-state index in [-0.39, 0.29) is 30.0 Å². The summed E-state index contributed by atoms with van der Waals surface area (Å²) in [6, 6.07) is 5.74. The highest BCUT2D eigenvalue weighted by atomic mass is 16.6. The average molecular weight is 387 g/mol. The second-order valence-corrected chi connectivity index (χ2v) is 7.28. The van der Waals surface area contributed by atoms with E-state index in [0.29, 0.717) is 36.5 Å². The Morgan fingerprint density at radius 2 is 1.93 bits per heavy atom. The number of nitro benzene ring substituents is 1. The third-order valence-corrected chi connectivity index (χ3v) is 5.34. The number of unbranched alkanes of at least 4 members (excludes halogenated alkanes) is 1. The summed E-state index contributed by atoms with van der Waals surface area (Å²) >= 11 is 0. The molecule has 1 unspecified atom stereocenters. The van der Waals surface area contributed by atoms with Gasteiger partial charge in [-0.05, 0) is 42.9 Å². The Balaban J connectivity index is 2.02. The van der Waals surface area contributed by atoms with Gasteiger partial charge in [0.25, 0.3) is 17.5 Å². The van der Waals surface area contributed by atoms with E-state index in [1.807, 2.05) is 11.8 Å². The normalized spacial score (nSPS) is 20.3. The van der Waals surface area contributed by atoms with Gasteiger partial charge in [0, 0.05) is 38.4 Å². The van der Waals surface area contributed by atoms with Crippen molar-refractivity contribution in [2.75, 3.05) is 26.2 Å². The van der Waals surface area contributed by atoms with Gasteiger partial charge in [-0.25, -0.2) is 0 Å². The predicted molar refractivity (Wildman–Crippen MR) is 103 cm³/mol. The number of rotatable bonds is 7. The van der Waals surface area contributed by atoms with Gasteiger partial charge in [-0.1, -0.05) is 13.3 Å². The molecule has 0 bridgehead atoms. The molecule has 1 N–H and O–H groups in total. The Labute approximate surface area is 163 Å². The van der Waals surface area contributed by atoms with Gasteiger partial charge in [-0.2, -0.15) is 0 Å². The van der Waals surface area contributed by atoms with Crippen molar-refractivity contribution < 1.29 is 19.6 Å². The molecule has 2 aliphatic heterocycles. The molecule has 1 fully saturated rings. The molecular weight excluding hydrogens is 362 g/mol. The second-order valence-electron chi connectivity index (χ2n) is 7.28. The van der Waals surface area contributed by atoms with Crippen molar-refractivity contribution in [1.29, 1.82) is 0 Å². The molecule has 0 radical (unpaired) electrons. The van der Waals surface area contributed by atoms with Crippen molar-refractivity contribution in [3.05, 3.63) is 45.6 Å². The van der Waals surface area contributed by atoms with Crippen LogP contribution in [0.2, 0.25) is 0 Å². The zero-order valence-corrected chi connectivity index (χ0v) is 16.0. The fraction of sp³-hybridized carbons (Fsp3) is 0.500. The van der Waals surface area contributed by atoms with E-state index in [0.717, 1.165) is 25.7 Å². The number of nitrogens with zero attached hydrogens (tertiary/aromatic N) is 3. The van der Waals surface area contributed by atoms with Crippen molar-refractivity contribution in [1.82, 2.24) is 9.80 Å². The van der Waals surface area contributed by atoms with E-state index in [1.54, 1.807) is 0 Å². The van der Waals surface area contributed by atoms with Crippen LogP contribution in [0.15, 0.2) is 30.0 Å². The van der Waals surface area contributed by atoms with Crippen molar-refractivity contribution in [3.63, 3.8) is 0 Å². The number of amides is 2.